The fourth-order valence-electron chi connectivity index (χ4n) is 2.51. The fraction of sp³-hybridized carbons (Fsp3) is 0.500. The van der Waals surface area contributed by atoms with Crippen LogP contribution in [0.3, 0.4) is 0 Å². The first-order chi connectivity index (χ1) is 11.4. The number of nitrogens with one attached hydrogen (secondary N) is 1. The minimum absolute atomic E-state index is 0.0264. The van der Waals surface area contributed by atoms with Crippen molar-refractivity contribution in [2.75, 3.05) is 11.9 Å². The van der Waals surface area contributed by atoms with Crippen LogP contribution in [0.1, 0.15) is 32.6 Å². The van der Waals surface area contributed by atoms with E-state index in [0.717, 1.165) is 18.5 Å². The number of amides is 1. The summed E-state index contributed by atoms with van der Waals surface area (Å²) in [6.45, 7) is 2.07. The van der Waals surface area contributed by atoms with Gasteiger partial charge in [0.1, 0.15) is 6.04 Å². The second-order valence-corrected chi connectivity index (χ2v) is 5.88. The first-order valence-electron chi connectivity index (χ1n) is 7.92. The summed E-state index contributed by atoms with van der Waals surface area (Å²) in [6, 6.07) is 5.32. The molecule has 0 heterocycles. The van der Waals surface area contributed by atoms with Gasteiger partial charge in [-0.05, 0) is 38.3 Å². The second-order valence-electron chi connectivity index (χ2n) is 5.88. The van der Waals surface area contributed by atoms with Crippen LogP contribution >= 0.6 is 0 Å². The summed E-state index contributed by atoms with van der Waals surface area (Å²) in [5, 5.41) is 22.8. The minimum atomic E-state index is -0.987. The average molecular weight is 335 g/mol. The van der Waals surface area contributed by atoms with Crippen molar-refractivity contribution in [2.45, 2.75) is 44.7 Å². The van der Waals surface area contributed by atoms with Gasteiger partial charge in [0, 0.05) is 36.8 Å². The Morgan fingerprint density at radius 2 is 2.00 bits per heavy atom. The molecule has 0 aromatic heterocycles. The summed E-state index contributed by atoms with van der Waals surface area (Å²) in [5.41, 5.74) is 0.768. The van der Waals surface area contributed by atoms with Gasteiger partial charge in [0.15, 0.2) is 0 Å². The number of hydrogen-bond acceptors (Lipinski definition) is 5. The molecule has 1 aliphatic rings. The summed E-state index contributed by atoms with van der Waals surface area (Å²) < 4.78 is 0. The molecule has 2 rings (SSSR count). The van der Waals surface area contributed by atoms with Crippen molar-refractivity contribution < 1.29 is 19.6 Å². The van der Waals surface area contributed by atoms with Crippen LogP contribution in [0.5, 0.6) is 0 Å². The van der Waals surface area contributed by atoms with E-state index in [9.17, 15) is 19.7 Å². The molecule has 0 spiro atoms. The van der Waals surface area contributed by atoms with Crippen LogP contribution in [-0.4, -0.2) is 45.4 Å². The van der Waals surface area contributed by atoms with Gasteiger partial charge in [0.05, 0.1) is 4.92 Å². The molecule has 8 nitrogen and oxygen atoms in total. The third-order valence-electron chi connectivity index (χ3n) is 3.98. The summed E-state index contributed by atoms with van der Waals surface area (Å²) in [4.78, 5) is 35.0. The largest absolute Gasteiger partial charge is 0.480 e. The number of nitro groups is 1. The van der Waals surface area contributed by atoms with Crippen LogP contribution in [0, 0.1) is 10.1 Å². The lowest BCUT2D eigenvalue weighted by Gasteiger charge is -2.26. The van der Waals surface area contributed by atoms with Gasteiger partial charge in [-0.3, -0.25) is 14.9 Å². The van der Waals surface area contributed by atoms with E-state index in [2.05, 4.69) is 5.32 Å². The summed E-state index contributed by atoms with van der Waals surface area (Å²) >= 11 is 0. The Morgan fingerprint density at radius 1 is 1.38 bits per heavy atom. The van der Waals surface area contributed by atoms with Crippen LogP contribution in [-0.2, 0) is 9.59 Å². The Kier molecular flexibility index (Phi) is 5.73. The molecule has 2 N–H and O–H groups in total. The highest BCUT2D eigenvalue weighted by Gasteiger charge is 2.37. The minimum Gasteiger partial charge on any atom is -0.480 e. The second kappa shape index (κ2) is 7.76. The molecule has 0 saturated heterocycles. The third kappa shape index (κ3) is 4.68. The smallest absolute Gasteiger partial charge is 0.326 e. The zero-order valence-corrected chi connectivity index (χ0v) is 13.5. The summed E-state index contributed by atoms with van der Waals surface area (Å²) in [7, 11) is 0. The van der Waals surface area contributed by atoms with Crippen molar-refractivity contribution >= 4 is 23.3 Å². The number of rotatable bonds is 9. The monoisotopic (exact) mass is 335 g/mol. The molecule has 1 aliphatic carbocycles. The van der Waals surface area contributed by atoms with Crippen molar-refractivity contribution in [3.8, 4) is 0 Å². The van der Waals surface area contributed by atoms with E-state index in [1.54, 1.807) is 12.1 Å². The molecule has 8 heteroatoms. The molecule has 1 aromatic rings. The first kappa shape index (κ1) is 17.7. The van der Waals surface area contributed by atoms with Crippen molar-refractivity contribution in [2.24, 2.45) is 0 Å². The topological polar surface area (TPSA) is 113 Å². The average Bonchev–Trinajstić information content (AvgIpc) is 3.36. The number of nitrogens with zero attached hydrogens (tertiary/aromatic N) is 2. The van der Waals surface area contributed by atoms with Gasteiger partial charge in [0.25, 0.3) is 5.69 Å². The van der Waals surface area contributed by atoms with E-state index in [0.29, 0.717) is 13.0 Å². The number of benzene rings is 1. The molecule has 1 fully saturated rings. The van der Waals surface area contributed by atoms with Crippen molar-refractivity contribution in [1.82, 2.24) is 4.90 Å². The van der Waals surface area contributed by atoms with Crippen molar-refractivity contribution in [3.05, 3.63) is 34.4 Å². The molecular weight excluding hydrogens is 314 g/mol. The lowest BCUT2D eigenvalue weighted by atomic mass is 10.2. The number of carboxylic acids is 1. The molecule has 0 bridgehead atoms. The summed E-state index contributed by atoms with van der Waals surface area (Å²) in [5.74, 6) is -1.13. The Balaban J connectivity index is 1.77. The number of nitro benzene ring substituents is 1. The molecule has 1 atom stereocenters. The lowest BCUT2D eigenvalue weighted by Crippen LogP contribution is -2.44. The van der Waals surface area contributed by atoms with Crippen LogP contribution in [0.25, 0.3) is 0 Å². The first-order valence-corrected chi connectivity index (χ1v) is 7.92. The van der Waals surface area contributed by atoms with Gasteiger partial charge in [0.2, 0.25) is 5.91 Å². The normalized spacial score (nSPS) is 14.7. The van der Waals surface area contributed by atoms with Crippen molar-refractivity contribution in [1.29, 1.82) is 0 Å². The molecule has 1 aromatic carbocycles. The highest BCUT2D eigenvalue weighted by atomic mass is 16.6. The number of hydrogen-bond donors (Lipinski definition) is 2. The Hall–Kier alpha value is -2.64. The van der Waals surface area contributed by atoms with E-state index >= 15 is 0 Å². The van der Waals surface area contributed by atoms with E-state index in [-0.39, 0.29) is 24.1 Å². The molecule has 1 amide bonds. The maximum Gasteiger partial charge on any atom is 0.326 e. The fourth-order valence-corrected chi connectivity index (χ4v) is 2.51. The maximum atomic E-state index is 12.3. The number of carbonyl (C=O) groups is 2. The summed E-state index contributed by atoms with van der Waals surface area (Å²) in [6.07, 6.45) is 2.56. The predicted octanol–water partition coefficient (Wildman–Crippen LogP) is 2.25. The van der Waals surface area contributed by atoms with Crippen LogP contribution in [0.15, 0.2) is 24.3 Å². The molecule has 0 aliphatic heterocycles. The molecular formula is C16H21N3O5. The predicted molar refractivity (Wildman–Crippen MR) is 87.8 cm³/mol. The van der Waals surface area contributed by atoms with Crippen LogP contribution in [0.2, 0.25) is 0 Å². The van der Waals surface area contributed by atoms with E-state index in [1.165, 1.54) is 24.0 Å². The standard InChI is InChI=1S/C16H21N3O5/c1-11(16(21)22)18(13-8-9-13)15(20)3-2-10-17-12-4-6-14(7-5-12)19(23)24/h4-7,11,13,17H,2-3,8-10H2,1H3,(H,21,22). The number of carboxylic acid groups (broad SMARTS) is 1. The number of anilines is 1. The van der Waals surface area contributed by atoms with Gasteiger partial charge >= 0.3 is 5.97 Å². The number of carbonyl (C=O) groups excluding carboxylic acids is 1. The van der Waals surface area contributed by atoms with Gasteiger partial charge in [-0.25, -0.2) is 4.79 Å². The van der Waals surface area contributed by atoms with Gasteiger partial charge < -0.3 is 15.3 Å². The SMILES string of the molecule is CC(C(=O)O)N(C(=O)CCCNc1ccc([N+](=O)[O-])cc1)C1CC1. The van der Waals surface area contributed by atoms with E-state index in [1.807, 2.05) is 0 Å². The van der Waals surface area contributed by atoms with E-state index < -0.39 is 16.9 Å². The van der Waals surface area contributed by atoms with Crippen molar-refractivity contribution in [3.63, 3.8) is 0 Å². The molecule has 0 radical (unpaired) electrons. The van der Waals surface area contributed by atoms with Crippen LogP contribution in [0.4, 0.5) is 11.4 Å². The highest BCUT2D eigenvalue weighted by molar-refractivity contribution is 5.84. The zero-order chi connectivity index (χ0) is 17.7. The van der Waals surface area contributed by atoms with Gasteiger partial charge in [-0.2, -0.15) is 0 Å². The van der Waals surface area contributed by atoms with E-state index in [4.69, 9.17) is 5.11 Å². The third-order valence-corrected chi connectivity index (χ3v) is 3.98. The van der Waals surface area contributed by atoms with Gasteiger partial charge in [-0.1, -0.05) is 0 Å². The Morgan fingerprint density at radius 3 is 2.50 bits per heavy atom. The molecule has 1 saturated carbocycles. The van der Waals surface area contributed by atoms with Crippen LogP contribution < -0.4 is 5.32 Å². The van der Waals surface area contributed by atoms with Gasteiger partial charge in [-0.15, -0.1) is 0 Å². The number of aliphatic carboxylic acids is 1. The lowest BCUT2D eigenvalue weighted by molar-refractivity contribution is -0.384. The quantitative estimate of drug-likeness (QED) is 0.406. The number of non-ortho nitro benzene ring substituents is 1. The molecule has 1 unspecified atom stereocenters. The molecule has 24 heavy (non-hydrogen) atoms. The Labute approximate surface area is 139 Å². The highest BCUT2D eigenvalue weighted by Crippen LogP contribution is 2.29. The molecule has 130 valence electrons. The zero-order valence-electron chi connectivity index (χ0n) is 13.5. The Bertz CT molecular complexity index is 613. The maximum absolute atomic E-state index is 12.3.